The highest BCUT2D eigenvalue weighted by atomic mass is 32.1. The molecule has 0 heterocycles. The summed E-state index contributed by atoms with van der Waals surface area (Å²) in [6, 6.07) is 0. The average molecular weight is 308 g/mol. The molecule has 0 aromatic heterocycles. The third kappa shape index (κ3) is 3.10. The van der Waals surface area contributed by atoms with Crippen molar-refractivity contribution in [1.29, 1.82) is 0 Å². The number of carbonyl (C=O) groups excluding carboxylic acids is 1. The Balaban J connectivity index is 1.57. The highest BCUT2D eigenvalue weighted by molar-refractivity contribution is 7.80. The van der Waals surface area contributed by atoms with E-state index in [0.717, 1.165) is 17.8 Å². The number of hydrogen-bond acceptors (Lipinski definition) is 2. The van der Waals surface area contributed by atoms with Crippen molar-refractivity contribution in [3.63, 3.8) is 0 Å². The largest absolute Gasteiger partial charge is 0.393 e. The van der Waals surface area contributed by atoms with Crippen LogP contribution >= 0.6 is 12.2 Å². The molecule has 1 amide bonds. The number of rotatable bonds is 5. The fraction of sp³-hybridized carbons (Fsp3) is 0.882. The van der Waals surface area contributed by atoms with Crippen molar-refractivity contribution in [2.45, 2.75) is 58.8 Å². The van der Waals surface area contributed by atoms with E-state index in [9.17, 15) is 4.79 Å². The minimum Gasteiger partial charge on any atom is -0.393 e. The monoisotopic (exact) mass is 308 g/mol. The predicted molar refractivity (Wildman–Crippen MR) is 88.8 cm³/mol. The van der Waals surface area contributed by atoms with E-state index in [-0.39, 0.29) is 11.3 Å². The summed E-state index contributed by atoms with van der Waals surface area (Å²) in [5.74, 6) is 2.90. The van der Waals surface area contributed by atoms with Crippen LogP contribution in [0.5, 0.6) is 0 Å². The minimum absolute atomic E-state index is 0.196. The van der Waals surface area contributed by atoms with Crippen LogP contribution < -0.4 is 11.1 Å². The molecule has 4 saturated carbocycles. The first kappa shape index (κ1) is 15.3. The molecule has 0 radical (unpaired) electrons. The molecule has 0 saturated heterocycles. The molecule has 4 rings (SSSR count). The van der Waals surface area contributed by atoms with E-state index in [4.69, 9.17) is 18.0 Å². The molecule has 4 aliphatic rings. The quantitative estimate of drug-likeness (QED) is 0.768. The van der Waals surface area contributed by atoms with Crippen LogP contribution in [0.2, 0.25) is 0 Å². The third-order valence-corrected chi connectivity index (χ3v) is 6.65. The molecular weight excluding hydrogens is 280 g/mol. The summed E-state index contributed by atoms with van der Waals surface area (Å²) in [7, 11) is 0. The van der Waals surface area contributed by atoms with Crippen LogP contribution in [0.3, 0.4) is 0 Å². The van der Waals surface area contributed by atoms with Gasteiger partial charge in [-0.15, -0.1) is 0 Å². The maximum absolute atomic E-state index is 12.4. The van der Waals surface area contributed by atoms with E-state index in [1.165, 1.54) is 38.5 Å². The second-order valence-corrected chi connectivity index (χ2v) is 9.06. The summed E-state index contributed by atoms with van der Waals surface area (Å²) < 4.78 is 0. The Morgan fingerprint density at radius 3 is 2.10 bits per heavy atom. The van der Waals surface area contributed by atoms with Crippen LogP contribution in [0.15, 0.2) is 0 Å². The Bertz CT molecular complexity index is 422. The highest BCUT2D eigenvalue weighted by Gasteiger charge is 2.51. The molecule has 4 heteroatoms. The summed E-state index contributed by atoms with van der Waals surface area (Å²) in [5.41, 5.74) is 5.74. The standard InChI is InChI=1S/C17H28N2OS/c1-16(2,15(18)21)10-19-14(20)9-17-6-11-3-12(7-17)5-13(4-11)8-17/h11-13H,3-10H2,1-2H3,(H2,18,21)(H,19,20). The van der Waals surface area contributed by atoms with E-state index in [1.54, 1.807) is 0 Å². The lowest BCUT2D eigenvalue weighted by molar-refractivity contribution is -0.129. The molecular formula is C17H28N2OS. The molecule has 0 aromatic carbocycles. The molecule has 3 nitrogen and oxygen atoms in total. The van der Waals surface area contributed by atoms with Crippen LogP contribution in [0, 0.1) is 28.6 Å². The topological polar surface area (TPSA) is 55.1 Å². The van der Waals surface area contributed by atoms with Crippen molar-refractivity contribution < 1.29 is 4.79 Å². The normalized spacial score (nSPS) is 37.5. The number of thiocarbonyl (C=S) groups is 1. The van der Waals surface area contributed by atoms with E-state index in [0.29, 0.717) is 23.4 Å². The lowest BCUT2D eigenvalue weighted by Crippen LogP contribution is -2.49. The van der Waals surface area contributed by atoms with Gasteiger partial charge in [-0.05, 0) is 61.7 Å². The maximum atomic E-state index is 12.4. The predicted octanol–water partition coefficient (Wildman–Crippen LogP) is 3.02. The molecule has 0 unspecified atom stereocenters. The molecule has 21 heavy (non-hydrogen) atoms. The zero-order chi connectivity index (χ0) is 15.3. The van der Waals surface area contributed by atoms with E-state index >= 15 is 0 Å². The molecule has 0 aromatic rings. The van der Waals surface area contributed by atoms with Gasteiger partial charge in [-0.25, -0.2) is 0 Å². The summed E-state index contributed by atoms with van der Waals surface area (Å²) in [6.45, 7) is 4.52. The highest BCUT2D eigenvalue weighted by Crippen LogP contribution is 2.61. The lowest BCUT2D eigenvalue weighted by atomic mass is 9.49. The van der Waals surface area contributed by atoms with Gasteiger partial charge < -0.3 is 11.1 Å². The van der Waals surface area contributed by atoms with Gasteiger partial charge in [0.1, 0.15) is 0 Å². The van der Waals surface area contributed by atoms with Gasteiger partial charge in [-0.3, -0.25) is 4.79 Å². The van der Waals surface area contributed by atoms with E-state index < -0.39 is 0 Å². The molecule has 4 fully saturated rings. The molecule has 4 aliphatic carbocycles. The zero-order valence-corrected chi connectivity index (χ0v) is 14.1. The number of carbonyl (C=O) groups is 1. The second-order valence-electron chi connectivity index (χ2n) is 8.62. The van der Waals surface area contributed by atoms with Crippen molar-refractivity contribution in [3.05, 3.63) is 0 Å². The van der Waals surface area contributed by atoms with Gasteiger partial charge in [0.15, 0.2) is 0 Å². The summed E-state index contributed by atoms with van der Waals surface area (Å²) >= 11 is 5.06. The first-order valence-corrected chi connectivity index (χ1v) is 8.75. The van der Waals surface area contributed by atoms with Gasteiger partial charge in [0, 0.05) is 18.4 Å². The van der Waals surface area contributed by atoms with Gasteiger partial charge >= 0.3 is 0 Å². The smallest absolute Gasteiger partial charge is 0.220 e. The fourth-order valence-electron chi connectivity index (χ4n) is 5.32. The Kier molecular flexibility index (Phi) is 3.79. The summed E-state index contributed by atoms with van der Waals surface area (Å²) in [4.78, 5) is 12.9. The van der Waals surface area contributed by atoms with Crippen LogP contribution in [0.4, 0.5) is 0 Å². The lowest BCUT2D eigenvalue weighted by Gasteiger charge is -2.56. The summed E-state index contributed by atoms with van der Waals surface area (Å²) in [5, 5.41) is 3.07. The Morgan fingerprint density at radius 1 is 1.19 bits per heavy atom. The molecule has 0 aliphatic heterocycles. The number of hydrogen-bond donors (Lipinski definition) is 2. The van der Waals surface area contributed by atoms with Gasteiger partial charge in [-0.1, -0.05) is 26.1 Å². The first-order chi connectivity index (χ1) is 9.78. The van der Waals surface area contributed by atoms with Crippen LogP contribution in [-0.2, 0) is 4.79 Å². The van der Waals surface area contributed by atoms with Crippen LogP contribution in [0.1, 0.15) is 58.8 Å². The van der Waals surface area contributed by atoms with Gasteiger partial charge in [-0.2, -0.15) is 0 Å². The van der Waals surface area contributed by atoms with Crippen LogP contribution in [0.25, 0.3) is 0 Å². The van der Waals surface area contributed by atoms with Crippen LogP contribution in [-0.4, -0.2) is 17.4 Å². The van der Waals surface area contributed by atoms with Gasteiger partial charge in [0.05, 0.1) is 4.99 Å². The van der Waals surface area contributed by atoms with Gasteiger partial charge in [0.2, 0.25) is 5.91 Å². The van der Waals surface area contributed by atoms with Crippen molar-refractivity contribution in [2.75, 3.05) is 6.54 Å². The number of nitrogens with one attached hydrogen (secondary N) is 1. The first-order valence-electron chi connectivity index (χ1n) is 8.35. The molecule has 3 N–H and O–H groups in total. The van der Waals surface area contributed by atoms with Crippen molar-refractivity contribution in [3.8, 4) is 0 Å². The summed E-state index contributed by atoms with van der Waals surface area (Å²) in [6.07, 6.45) is 8.84. The van der Waals surface area contributed by atoms with Gasteiger partial charge in [0.25, 0.3) is 0 Å². The molecule has 0 spiro atoms. The molecule has 4 bridgehead atoms. The maximum Gasteiger partial charge on any atom is 0.220 e. The average Bonchev–Trinajstić information content (AvgIpc) is 2.34. The van der Waals surface area contributed by atoms with Crippen molar-refractivity contribution >= 4 is 23.1 Å². The van der Waals surface area contributed by atoms with Crippen molar-refractivity contribution in [2.24, 2.45) is 34.3 Å². The number of amides is 1. The van der Waals surface area contributed by atoms with E-state index in [1.807, 2.05) is 13.8 Å². The second kappa shape index (κ2) is 5.22. The zero-order valence-electron chi connectivity index (χ0n) is 13.3. The third-order valence-electron chi connectivity index (χ3n) is 6.10. The molecule has 0 atom stereocenters. The molecule has 118 valence electrons. The number of nitrogens with two attached hydrogens (primary N) is 1. The Hall–Kier alpha value is -0.640. The Labute approximate surface area is 133 Å². The Morgan fingerprint density at radius 2 is 1.67 bits per heavy atom. The SMILES string of the molecule is CC(C)(CNC(=O)CC12CC3CC(CC(C3)C1)C2)C(N)=S. The van der Waals surface area contributed by atoms with Crippen molar-refractivity contribution in [1.82, 2.24) is 5.32 Å². The minimum atomic E-state index is -0.299. The fourth-order valence-corrected chi connectivity index (χ4v) is 5.39. The van der Waals surface area contributed by atoms with E-state index in [2.05, 4.69) is 5.32 Å².